The third-order valence-corrected chi connectivity index (χ3v) is 4.28. The molecule has 0 spiro atoms. The highest BCUT2D eigenvalue weighted by molar-refractivity contribution is 5.76. The summed E-state index contributed by atoms with van der Waals surface area (Å²) >= 11 is 0. The van der Waals surface area contributed by atoms with Crippen molar-refractivity contribution in [3.63, 3.8) is 0 Å². The predicted octanol–water partition coefficient (Wildman–Crippen LogP) is 1.87. The van der Waals surface area contributed by atoms with Gasteiger partial charge in [0.05, 0.1) is 0 Å². The average molecular weight is 286 g/mol. The number of allylic oxidation sites excluding steroid dienone is 2. The van der Waals surface area contributed by atoms with Gasteiger partial charge in [-0.2, -0.15) is 5.10 Å². The van der Waals surface area contributed by atoms with Crippen molar-refractivity contribution >= 4 is 11.7 Å². The van der Waals surface area contributed by atoms with Crippen molar-refractivity contribution in [1.29, 1.82) is 0 Å². The highest BCUT2D eigenvalue weighted by atomic mass is 16.2. The molecule has 1 atom stereocenters. The highest BCUT2D eigenvalue weighted by Gasteiger charge is 2.22. The van der Waals surface area contributed by atoms with Gasteiger partial charge in [-0.3, -0.25) is 4.79 Å². The van der Waals surface area contributed by atoms with Crippen molar-refractivity contribution in [3.8, 4) is 0 Å². The Kier molecular flexibility index (Phi) is 4.48. The van der Waals surface area contributed by atoms with Gasteiger partial charge in [-0.25, -0.2) is 0 Å². The Labute approximate surface area is 125 Å². The number of nitrogens with zero attached hydrogens (tertiary/aromatic N) is 4. The Bertz CT molecular complexity index is 502. The maximum Gasteiger partial charge on any atom is 0.223 e. The SMILES string of the molecule is O=C(C[C@H]1C=CCC1)N1CCCN(c2cccnn2)CC1. The van der Waals surface area contributed by atoms with Crippen LogP contribution >= 0.6 is 0 Å². The van der Waals surface area contributed by atoms with Crippen LogP contribution in [0.15, 0.2) is 30.5 Å². The molecule has 112 valence electrons. The molecule has 5 heteroatoms. The first-order valence-corrected chi connectivity index (χ1v) is 7.80. The zero-order valence-electron chi connectivity index (χ0n) is 12.3. The Hall–Kier alpha value is -1.91. The molecule has 0 N–H and O–H groups in total. The van der Waals surface area contributed by atoms with Crippen LogP contribution in [0.4, 0.5) is 5.82 Å². The van der Waals surface area contributed by atoms with Gasteiger partial charge in [-0.05, 0) is 37.3 Å². The lowest BCUT2D eigenvalue weighted by Crippen LogP contribution is -2.36. The fourth-order valence-electron chi connectivity index (χ4n) is 3.08. The van der Waals surface area contributed by atoms with Crippen LogP contribution in [0.25, 0.3) is 0 Å². The fraction of sp³-hybridized carbons (Fsp3) is 0.562. The Morgan fingerprint density at radius 1 is 1.29 bits per heavy atom. The van der Waals surface area contributed by atoms with Crippen LogP contribution in [-0.2, 0) is 4.79 Å². The smallest absolute Gasteiger partial charge is 0.223 e. The maximum atomic E-state index is 12.4. The molecule has 2 heterocycles. The molecule has 0 aromatic carbocycles. The first kappa shape index (κ1) is 14.0. The van der Waals surface area contributed by atoms with Crippen LogP contribution in [-0.4, -0.2) is 47.2 Å². The van der Waals surface area contributed by atoms with E-state index >= 15 is 0 Å². The van der Waals surface area contributed by atoms with Crippen LogP contribution in [0.1, 0.15) is 25.7 Å². The Morgan fingerprint density at radius 2 is 2.24 bits per heavy atom. The van der Waals surface area contributed by atoms with Crippen LogP contribution in [0.2, 0.25) is 0 Å². The molecule has 1 aromatic rings. The van der Waals surface area contributed by atoms with Crippen molar-refractivity contribution in [2.45, 2.75) is 25.7 Å². The molecule has 0 saturated carbocycles. The molecule has 0 unspecified atom stereocenters. The van der Waals surface area contributed by atoms with Gasteiger partial charge < -0.3 is 9.80 Å². The molecular weight excluding hydrogens is 264 g/mol. The number of rotatable bonds is 3. The summed E-state index contributed by atoms with van der Waals surface area (Å²) in [5, 5.41) is 8.09. The molecule has 2 aliphatic rings. The monoisotopic (exact) mass is 286 g/mol. The van der Waals surface area contributed by atoms with Crippen molar-refractivity contribution in [3.05, 3.63) is 30.5 Å². The molecule has 1 aliphatic carbocycles. The van der Waals surface area contributed by atoms with Gasteiger partial charge in [0.15, 0.2) is 5.82 Å². The number of carbonyl (C=O) groups excluding carboxylic acids is 1. The minimum atomic E-state index is 0.299. The predicted molar refractivity (Wildman–Crippen MR) is 81.9 cm³/mol. The summed E-state index contributed by atoms with van der Waals surface area (Å²) in [6.07, 6.45) is 9.98. The van der Waals surface area contributed by atoms with E-state index in [4.69, 9.17) is 0 Å². The second-order valence-corrected chi connectivity index (χ2v) is 5.77. The van der Waals surface area contributed by atoms with Gasteiger partial charge >= 0.3 is 0 Å². The van der Waals surface area contributed by atoms with E-state index in [1.807, 2.05) is 17.0 Å². The normalized spacial score (nSPS) is 22.4. The second kappa shape index (κ2) is 6.70. The van der Waals surface area contributed by atoms with Gasteiger partial charge in [0, 0.05) is 38.8 Å². The molecule has 1 saturated heterocycles. The summed E-state index contributed by atoms with van der Waals surface area (Å²) < 4.78 is 0. The summed E-state index contributed by atoms with van der Waals surface area (Å²) in [5.41, 5.74) is 0. The molecule has 1 fully saturated rings. The molecule has 21 heavy (non-hydrogen) atoms. The van der Waals surface area contributed by atoms with Crippen molar-refractivity contribution in [2.75, 3.05) is 31.1 Å². The highest BCUT2D eigenvalue weighted by Crippen LogP contribution is 2.22. The van der Waals surface area contributed by atoms with Crippen LogP contribution < -0.4 is 4.90 Å². The van der Waals surface area contributed by atoms with Crippen molar-refractivity contribution in [2.24, 2.45) is 5.92 Å². The molecule has 1 amide bonds. The Balaban J connectivity index is 1.55. The van der Waals surface area contributed by atoms with Gasteiger partial charge in [0.2, 0.25) is 5.91 Å². The summed E-state index contributed by atoms with van der Waals surface area (Å²) in [6, 6.07) is 3.89. The second-order valence-electron chi connectivity index (χ2n) is 5.77. The van der Waals surface area contributed by atoms with Gasteiger partial charge in [0.25, 0.3) is 0 Å². The molecule has 0 bridgehead atoms. The first-order valence-electron chi connectivity index (χ1n) is 7.80. The zero-order chi connectivity index (χ0) is 14.5. The topological polar surface area (TPSA) is 49.3 Å². The lowest BCUT2D eigenvalue weighted by atomic mass is 10.0. The van der Waals surface area contributed by atoms with Crippen LogP contribution in [0, 0.1) is 5.92 Å². The lowest BCUT2D eigenvalue weighted by molar-refractivity contribution is -0.131. The van der Waals surface area contributed by atoms with Gasteiger partial charge in [-0.15, -0.1) is 5.10 Å². The largest absolute Gasteiger partial charge is 0.353 e. The quantitative estimate of drug-likeness (QED) is 0.796. The van der Waals surface area contributed by atoms with E-state index in [1.165, 1.54) is 0 Å². The van der Waals surface area contributed by atoms with E-state index in [1.54, 1.807) is 6.20 Å². The van der Waals surface area contributed by atoms with Gasteiger partial charge in [-0.1, -0.05) is 12.2 Å². The molecule has 1 aromatic heterocycles. The van der Waals surface area contributed by atoms with Crippen LogP contribution in [0.3, 0.4) is 0 Å². The van der Waals surface area contributed by atoms with E-state index in [-0.39, 0.29) is 0 Å². The molecule has 1 aliphatic heterocycles. The summed E-state index contributed by atoms with van der Waals surface area (Å²) in [6.45, 7) is 3.41. The van der Waals surface area contributed by atoms with E-state index < -0.39 is 0 Å². The number of amides is 1. The average Bonchev–Trinajstić information content (AvgIpc) is 2.89. The number of anilines is 1. The number of hydrogen-bond donors (Lipinski definition) is 0. The number of aromatic nitrogens is 2. The van der Waals surface area contributed by atoms with E-state index in [0.717, 1.165) is 51.3 Å². The standard InChI is InChI=1S/C16H22N4O/c21-16(13-14-5-1-2-6-14)20-10-4-9-19(11-12-20)15-7-3-8-17-18-15/h1,3,5,7-8,14H,2,4,6,9-13H2/t14-/m0/s1. The van der Waals surface area contributed by atoms with E-state index in [0.29, 0.717) is 18.2 Å². The maximum absolute atomic E-state index is 12.4. The van der Waals surface area contributed by atoms with Gasteiger partial charge in [0.1, 0.15) is 0 Å². The molecule has 0 radical (unpaired) electrons. The van der Waals surface area contributed by atoms with E-state index in [2.05, 4.69) is 27.2 Å². The number of carbonyl (C=O) groups is 1. The fourth-order valence-corrected chi connectivity index (χ4v) is 3.08. The summed E-state index contributed by atoms with van der Waals surface area (Å²) in [5.74, 6) is 1.66. The minimum Gasteiger partial charge on any atom is -0.353 e. The first-order chi connectivity index (χ1) is 10.3. The van der Waals surface area contributed by atoms with Crippen LogP contribution in [0.5, 0.6) is 0 Å². The molecular formula is C16H22N4O. The zero-order valence-corrected chi connectivity index (χ0v) is 12.3. The van der Waals surface area contributed by atoms with E-state index in [9.17, 15) is 4.79 Å². The third-order valence-electron chi connectivity index (χ3n) is 4.28. The Morgan fingerprint density at radius 3 is 3.00 bits per heavy atom. The molecule has 3 rings (SSSR count). The van der Waals surface area contributed by atoms with Crippen molar-refractivity contribution in [1.82, 2.24) is 15.1 Å². The number of hydrogen-bond acceptors (Lipinski definition) is 4. The van der Waals surface area contributed by atoms with Crippen molar-refractivity contribution < 1.29 is 4.79 Å². The lowest BCUT2D eigenvalue weighted by Gasteiger charge is -2.23. The third kappa shape index (κ3) is 3.60. The summed E-state index contributed by atoms with van der Waals surface area (Å²) in [4.78, 5) is 16.6. The molecule has 5 nitrogen and oxygen atoms in total. The minimum absolute atomic E-state index is 0.299. The summed E-state index contributed by atoms with van der Waals surface area (Å²) in [7, 11) is 0.